The van der Waals surface area contributed by atoms with Crippen LogP contribution in [0.15, 0.2) is 6.07 Å². The van der Waals surface area contributed by atoms with Crippen molar-refractivity contribution < 1.29 is 19.1 Å². The normalized spacial score (nSPS) is 15.2. The Balaban J connectivity index is 2.35. The number of carbonyl (C=O) groups is 2. The molecule has 0 saturated heterocycles. The van der Waals surface area contributed by atoms with Crippen molar-refractivity contribution in [2.75, 3.05) is 6.61 Å². The molecular weight excluding hydrogens is 292 g/mol. The first-order chi connectivity index (χ1) is 10.7. The van der Waals surface area contributed by atoms with Crippen LogP contribution in [0.5, 0.6) is 0 Å². The minimum absolute atomic E-state index is 0.230. The van der Waals surface area contributed by atoms with Crippen molar-refractivity contribution in [3.8, 4) is 0 Å². The summed E-state index contributed by atoms with van der Waals surface area (Å²) in [5.41, 5.74) is 6.31. The van der Waals surface area contributed by atoms with Crippen LogP contribution in [-0.4, -0.2) is 18.5 Å². The van der Waals surface area contributed by atoms with Gasteiger partial charge in [-0.25, -0.2) is 0 Å². The second kappa shape index (κ2) is 6.73. The van der Waals surface area contributed by atoms with Gasteiger partial charge in [-0.2, -0.15) is 0 Å². The summed E-state index contributed by atoms with van der Waals surface area (Å²) in [5, 5.41) is 0. The summed E-state index contributed by atoms with van der Waals surface area (Å²) < 4.78 is 10.4. The molecule has 0 radical (unpaired) electrons. The molecule has 1 aliphatic rings. The van der Waals surface area contributed by atoms with Crippen molar-refractivity contribution in [3.63, 3.8) is 0 Å². The topological polar surface area (TPSA) is 52.6 Å². The molecule has 2 rings (SSSR count). The van der Waals surface area contributed by atoms with Gasteiger partial charge in [0.2, 0.25) is 0 Å². The lowest BCUT2D eigenvalue weighted by atomic mass is 9.89. The van der Waals surface area contributed by atoms with Gasteiger partial charge in [-0.05, 0) is 53.0 Å². The molecular formula is C19H26O4. The molecule has 1 aliphatic carbocycles. The third kappa shape index (κ3) is 4.34. The molecule has 0 N–H and O–H groups in total. The van der Waals surface area contributed by atoms with E-state index >= 15 is 0 Å². The molecule has 0 heterocycles. The maximum atomic E-state index is 11.3. The summed E-state index contributed by atoms with van der Waals surface area (Å²) in [6.45, 7) is 10.1. The molecule has 0 atom stereocenters. The van der Waals surface area contributed by atoms with Crippen LogP contribution in [0.25, 0.3) is 0 Å². The van der Waals surface area contributed by atoms with Crippen LogP contribution >= 0.6 is 0 Å². The molecule has 0 aliphatic heterocycles. The van der Waals surface area contributed by atoms with Gasteiger partial charge in [0, 0.05) is 20.3 Å². The first-order valence-electron chi connectivity index (χ1n) is 8.09. The van der Waals surface area contributed by atoms with Gasteiger partial charge in [0.25, 0.3) is 0 Å². The number of benzene rings is 1. The first-order valence-corrected chi connectivity index (χ1v) is 8.09. The van der Waals surface area contributed by atoms with Gasteiger partial charge in [-0.15, -0.1) is 0 Å². The molecule has 0 amide bonds. The highest BCUT2D eigenvalue weighted by Gasteiger charge is 2.31. The molecule has 0 bridgehead atoms. The lowest BCUT2D eigenvalue weighted by molar-refractivity contribution is -0.142. The summed E-state index contributed by atoms with van der Waals surface area (Å²) in [5.74, 6) is -0.546. The van der Waals surface area contributed by atoms with Crippen LogP contribution in [0.2, 0.25) is 0 Å². The second-order valence-electron chi connectivity index (χ2n) is 7.18. The van der Waals surface area contributed by atoms with E-state index in [2.05, 4.69) is 26.8 Å². The van der Waals surface area contributed by atoms with Crippen LogP contribution in [0.3, 0.4) is 0 Å². The molecule has 0 aromatic heterocycles. The van der Waals surface area contributed by atoms with Crippen LogP contribution in [0.1, 0.15) is 55.5 Å². The number of ether oxygens (including phenoxy) is 2. The SMILES string of the molecule is CC(=O)OCCc1c(C)cc2c(c1COC(C)=O)CC(C)(C)C2. The Morgan fingerprint density at radius 2 is 1.74 bits per heavy atom. The average Bonchev–Trinajstić information content (AvgIpc) is 2.71. The van der Waals surface area contributed by atoms with E-state index in [-0.39, 0.29) is 17.4 Å². The van der Waals surface area contributed by atoms with Crippen molar-refractivity contribution in [1.29, 1.82) is 0 Å². The highest BCUT2D eigenvalue weighted by molar-refractivity contribution is 5.66. The van der Waals surface area contributed by atoms with Crippen molar-refractivity contribution in [1.82, 2.24) is 0 Å². The Labute approximate surface area is 138 Å². The maximum absolute atomic E-state index is 11.3. The van der Waals surface area contributed by atoms with Crippen LogP contribution < -0.4 is 0 Å². The first kappa shape index (κ1) is 17.5. The number of hydrogen-bond donors (Lipinski definition) is 0. The van der Waals surface area contributed by atoms with E-state index in [0.29, 0.717) is 19.6 Å². The largest absolute Gasteiger partial charge is 0.466 e. The summed E-state index contributed by atoms with van der Waals surface area (Å²) in [7, 11) is 0. The monoisotopic (exact) mass is 318 g/mol. The van der Waals surface area contributed by atoms with Crippen LogP contribution in [0, 0.1) is 12.3 Å². The summed E-state index contributed by atoms with van der Waals surface area (Å²) in [6.07, 6.45) is 2.68. The Morgan fingerprint density at radius 3 is 2.35 bits per heavy atom. The van der Waals surface area contributed by atoms with Crippen molar-refractivity contribution in [2.45, 2.75) is 60.5 Å². The quantitative estimate of drug-likeness (QED) is 0.782. The third-order valence-corrected chi connectivity index (χ3v) is 4.38. The molecule has 1 aromatic carbocycles. The highest BCUT2D eigenvalue weighted by atomic mass is 16.5. The fraction of sp³-hybridized carbons (Fsp3) is 0.579. The number of aryl methyl sites for hydroxylation is 1. The van der Waals surface area contributed by atoms with E-state index in [1.807, 2.05) is 0 Å². The van der Waals surface area contributed by atoms with Gasteiger partial charge < -0.3 is 9.47 Å². The van der Waals surface area contributed by atoms with Gasteiger partial charge in [-0.3, -0.25) is 9.59 Å². The van der Waals surface area contributed by atoms with E-state index in [1.165, 1.54) is 30.5 Å². The molecule has 0 saturated carbocycles. The molecule has 126 valence electrons. The number of rotatable bonds is 5. The molecule has 4 nitrogen and oxygen atoms in total. The van der Waals surface area contributed by atoms with Crippen molar-refractivity contribution in [2.24, 2.45) is 5.41 Å². The zero-order valence-corrected chi connectivity index (χ0v) is 14.7. The fourth-order valence-electron chi connectivity index (χ4n) is 3.48. The predicted octanol–water partition coefficient (Wildman–Crippen LogP) is 3.29. The minimum Gasteiger partial charge on any atom is -0.466 e. The van der Waals surface area contributed by atoms with Gasteiger partial charge in [0.15, 0.2) is 0 Å². The Hall–Kier alpha value is -1.84. The zero-order valence-electron chi connectivity index (χ0n) is 14.7. The standard InChI is InChI=1S/C19H26O4/c1-12-8-15-9-19(4,5)10-17(15)18(11-23-14(3)21)16(12)6-7-22-13(2)20/h8H,6-7,9-11H2,1-5H3. The van der Waals surface area contributed by atoms with E-state index in [9.17, 15) is 9.59 Å². The van der Waals surface area contributed by atoms with Gasteiger partial charge >= 0.3 is 11.9 Å². The van der Waals surface area contributed by atoms with E-state index in [4.69, 9.17) is 9.47 Å². The van der Waals surface area contributed by atoms with Crippen molar-refractivity contribution >= 4 is 11.9 Å². The van der Waals surface area contributed by atoms with Crippen LogP contribution in [0.4, 0.5) is 0 Å². The molecule has 0 spiro atoms. The van der Waals surface area contributed by atoms with Gasteiger partial charge in [0.05, 0.1) is 6.61 Å². The van der Waals surface area contributed by atoms with Crippen LogP contribution in [-0.2, 0) is 44.9 Å². The van der Waals surface area contributed by atoms with E-state index < -0.39 is 0 Å². The lowest BCUT2D eigenvalue weighted by Crippen LogP contribution is -2.12. The fourth-order valence-corrected chi connectivity index (χ4v) is 3.48. The third-order valence-electron chi connectivity index (χ3n) is 4.38. The Bertz CT molecular complexity index is 629. The summed E-state index contributed by atoms with van der Waals surface area (Å²) >= 11 is 0. The van der Waals surface area contributed by atoms with Crippen molar-refractivity contribution in [3.05, 3.63) is 33.9 Å². The Morgan fingerprint density at radius 1 is 1.09 bits per heavy atom. The van der Waals surface area contributed by atoms with E-state index in [0.717, 1.165) is 24.0 Å². The maximum Gasteiger partial charge on any atom is 0.302 e. The number of hydrogen-bond acceptors (Lipinski definition) is 4. The van der Waals surface area contributed by atoms with Gasteiger partial charge in [0.1, 0.15) is 6.61 Å². The summed E-state index contributed by atoms with van der Waals surface area (Å²) in [4.78, 5) is 22.3. The zero-order chi connectivity index (χ0) is 17.2. The van der Waals surface area contributed by atoms with E-state index in [1.54, 1.807) is 0 Å². The number of carbonyl (C=O) groups excluding carboxylic acids is 2. The minimum atomic E-state index is -0.275. The second-order valence-corrected chi connectivity index (χ2v) is 7.18. The molecule has 0 fully saturated rings. The molecule has 23 heavy (non-hydrogen) atoms. The molecule has 0 unspecified atom stereocenters. The highest BCUT2D eigenvalue weighted by Crippen LogP contribution is 2.40. The van der Waals surface area contributed by atoms with Gasteiger partial charge in [-0.1, -0.05) is 19.9 Å². The number of fused-ring (bicyclic) bond motifs is 1. The average molecular weight is 318 g/mol. The summed E-state index contributed by atoms with van der Waals surface area (Å²) in [6, 6.07) is 2.24. The molecule has 4 heteroatoms. The Kier molecular flexibility index (Phi) is 5.12. The lowest BCUT2D eigenvalue weighted by Gasteiger charge is -2.18. The number of esters is 2. The molecule has 1 aromatic rings. The smallest absolute Gasteiger partial charge is 0.302 e. The predicted molar refractivity (Wildman–Crippen MR) is 88.2 cm³/mol.